The fraction of sp³-hybridized carbons (Fsp3) is 0.467. The van der Waals surface area contributed by atoms with Crippen LogP contribution in [0.3, 0.4) is 0 Å². The molecule has 0 aromatic carbocycles. The van der Waals surface area contributed by atoms with Gasteiger partial charge in [-0.05, 0) is 6.42 Å². The van der Waals surface area contributed by atoms with Gasteiger partial charge >= 0.3 is 0 Å². The topological polar surface area (TPSA) is 106 Å². The highest BCUT2D eigenvalue weighted by atomic mass is 32.1. The molecule has 2 aromatic rings. The van der Waals surface area contributed by atoms with Crippen LogP contribution in [0.4, 0.5) is 10.9 Å². The van der Waals surface area contributed by atoms with Gasteiger partial charge in [0.15, 0.2) is 5.13 Å². The summed E-state index contributed by atoms with van der Waals surface area (Å²) in [6, 6.07) is 1.91. The second-order valence-electron chi connectivity index (χ2n) is 5.42. The number of thiazole rings is 1. The number of hydrogen-bond donors (Lipinski definition) is 2. The van der Waals surface area contributed by atoms with Crippen LogP contribution in [-0.2, 0) is 22.5 Å². The van der Waals surface area contributed by atoms with Gasteiger partial charge in [0.25, 0.3) is 0 Å². The molecule has 0 aliphatic carbocycles. The van der Waals surface area contributed by atoms with E-state index in [2.05, 4.69) is 25.2 Å². The normalized spacial score (nSPS) is 14.6. The average molecular weight is 348 g/mol. The lowest BCUT2D eigenvalue weighted by Crippen LogP contribution is -2.37. The Morgan fingerprint density at radius 2 is 2.17 bits per heavy atom. The molecule has 1 saturated heterocycles. The Balaban J connectivity index is 1.47. The van der Waals surface area contributed by atoms with Crippen LogP contribution in [0, 0.1) is 0 Å². The smallest absolute Gasteiger partial charge is 0.220 e. The van der Waals surface area contributed by atoms with Gasteiger partial charge in [-0.25, -0.2) is 15.0 Å². The van der Waals surface area contributed by atoms with E-state index >= 15 is 0 Å². The molecule has 3 heterocycles. The molecule has 1 aliphatic heterocycles. The van der Waals surface area contributed by atoms with Gasteiger partial charge < -0.3 is 20.7 Å². The predicted molar refractivity (Wildman–Crippen MR) is 91.8 cm³/mol. The summed E-state index contributed by atoms with van der Waals surface area (Å²) in [5, 5.41) is 5.28. The van der Waals surface area contributed by atoms with Crippen molar-refractivity contribution in [3.8, 4) is 0 Å². The lowest BCUT2D eigenvalue weighted by molar-refractivity contribution is -0.121. The summed E-state index contributed by atoms with van der Waals surface area (Å²) in [7, 11) is 0. The molecule has 0 atom stereocenters. The second-order valence-corrected chi connectivity index (χ2v) is 6.31. The monoisotopic (exact) mass is 348 g/mol. The third-order valence-corrected chi connectivity index (χ3v) is 4.41. The second kappa shape index (κ2) is 8.02. The maximum atomic E-state index is 11.9. The van der Waals surface area contributed by atoms with Crippen molar-refractivity contribution in [3.63, 3.8) is 0 Å². The number of aromatic nitrogens is 3. The fourth-order valence-electron chi connectivity index (χ4n) is 2.40. The van der Waals surface area contributed by atoms with Crippen LogP contribution < -0.4 is 16.0 Å². The lowest BCUT2D eigenvalue weighted by atomic mass is 10.2. The molecule has 8 nitrogen and oxygen atoms in total. The van der Waals surface area contributed by atoms with Gasteiger partial charge in [0.05, 0.1) is 31.1 Å². The lowest BCUT2D eigenvalue weighted by Gasteiger charge is -2.27. The van der Waals surface area contributed by atoms with Crippen LogP contribution in [0.25, 0.3) is 0 Å². The quantitative estimate of drug-likeness (QED) is 0.787. The Hall–Kier alpha value is -2.26. The highest BCUT2D eigenvalue weighted by molar-refractivity contribution is 7.13. The average Bonchev–Trinajstić information content (AvgIpc) is 3.04. The van der Waals surface area contributed by atoms with Crippen LogP contribution in [0.2, 0.25) is 0 Å². The minimum atomic E-state index is -0.0342. The minimum absolute atomic E-state index is 0.0342. The van der Waals surface area contributed by atoms with E-state index in [1.165, 1.54) is 17.7 Å². The van der Waals surface area contributed by atoms with Crippen LogP contribution >= 0.6 is 11.3 Å². The van der Waals surface area contributed by atoms with Gasteiger partial charge in [-0.1, -0.05) is 0 Å². The minimum Gasteiger partial charge on any atom is -0.378 e. The Bertz CT molecular complexity index is 686. The van der Waals surface area contributed by atoms with Crippen molar-refractivity contribution in [1.82, 2.24) is 20.3 Å². The standard InChI is InChI=1S/C15H20N6O2S/c16-15-20-11(9-24-15)1-2-14(22)17-8-12-7-13(19-10-18-12)21-3-5-23-6-4-21/h7,9-10H,1-6,8H2,(H2,16,20)(H,17,22). The number of nitrogens with one attached hydrogen (secondary N) is 1. The van der Waals surface area contributed by atoms with Crippen LogP contribution in [-0.4, -0.2) is 47.2 Å². The number of anilines is 2. The van der Waals surface area contributed by atoms with Crippen molar-refractivity contribution in [3.05, 3.63) is 29.2 Å². The first-order valence-electron chi connectivity index (χ1n) is 7.81. The first-order chi connectivity index (χ1) is 11.7. The van der Waals surface area contributed by atoms with Gasteiger partial charge in [-0.3, -0.25) is 4.79 Å². The van der Waals surface area contributed by atoms with Crippen molar-refractivity contribution in [2.75, 3.05) is 36.9 Å². The zero-order valence-electron chi connectivity index (χ0n) is 13.3. The fourth-order valence-corrected chi connectivity index (χ4v) is 3.00. The molecule has 3 N–H and O–H groups in total. The molecule has 0 bridgehead atoms. The van der Waals surface area contributed by atoms with Crippen molar-refractivity contribution in [1.29, 1.82) is 0 Å². The Kier molecular flexibility index (Phi) is 5.55. The summed E-state index contributed by atoms with van der Waals surface area (Å²) in [5.74, 6) is 0.837. The number of morpholine rings is 1. The molecule has 0 saturated carbocycles. The number of carbonyl (C=O) groups excluding carboxylic acids is 1. The SMILES string of the molecule is Nc1nc(CCC(=O)NCc2cc(N3CCOCC3)ncn2)cs1. The van der Waals surface area contributed by atoms with Crippen molar-refractivity contribution >= 4 is 28.2 Å². The van der Waals surface area contributed by atoms with Gasteiger partial charge in [-0.15, -0.1) is 11.3 Å². The summed E-state index contributed by atoms with van der Waals surface area (Å²) >= 11 is 1.39. The summed E-state index contributed by atoms with van der Waals surface area (Å²) in [6.07, 6.45) is 2.50. The molecule has 0 unspecified atom stereocenters. The van der Waals surface area contributed by atoms with E-state index in [-0.39, 0.29) is 5.91 Å². The molecule has 128 valence electrons. The summed E-state index contributed by atoms with van der Waals surface area (Å²) < 4.78 is 5.34. The van der Waals surface area contributed by atoms with Crippen molar-refractivity contribution in [2.45, 2.75) is 19.4 Å². The predicted octanol–water partition coefficient (Wildman–Crippen LogP) is 0.601. The van der Waals surface area contributed by atoms with E-state index in [0.717, 1.165) is 30.3 Å². The van der Waals surface area contributed by atoms with Gasteiger partial charge in [0.2, 0.25) is 5.91 Å². The largest absolute Gasteiger partial charge is 0.378 e. The van der Waals surface area contributed by atoms with E-state index in [4.69, 9.17) is 10.5 Å². The molecular weight excluding hydrogens is 328 g/mol. The molecular formula is C15H20N6O2S. The third-order valence-electron chi connectivity index (χ3n) is 3.69. The molecule has 24 heavy (non-hydrogen) atoms. The molecule has 0 spiro atoms. The zero-order valence-corrected chi connectivity index (χ0v) is 14.1. The Morgan fingerprint density at radius 1 is 1.33 bits per heavy atom. The molecule has 1 fully saturated rings. The zero-order chi connectivity index (χ0) is 16.8. The van der Waals surface area contributed by atoms with Crippen molar-refractivity contribution < 1.29 is 9.53 Å². The first kappa shape index (κ1) is 16.6. The third kappa shape index (κ3) is 4.62. The molecule has 3 rings (SSSR count). The van der Waals surface area contributed by atoms with Gasteiger partial charge in [-0.2, -0.15) is 0 Å². The highest BCUT2D eigenvalue weighted by Gasteiger charge is 2.13. The number of ether oxygens (including phenoxy) is 1. The highest BCUT2D eigenvalue weighted by Crippen LogP contribution is 2.14. The van der Waals surface area contributed by atoms with E-state index in [1.54, 1.807) is 0 Å². The number of nitrogens with two attached hydrogens (primary N) is 1. The molecule has 1 aliphatic rings. The number of hydrogen-bond acceptors (Lipinski definition) is 8. The Labute approximate surface area is 144 Å². The van der Waals surface area contributed by atoms with E-state index < -0.39 is 0 Å². The van der Waals surface area contributed by atoms with Gasteiger partial charge in [0.1, 0.15) is 12.1 Å². The maximum Gasteiger partial charge on any atom is 0.220 e. The summed E-state index contributed by atoms with van der Waals surface area (Å²) in [6.45, 7) is 3.44. The van der Waals surface area contributed by atoms with Crippen LogP contribution in [0.5, 0.6) is 0 Å². The summed E-state index contributed by atoms with van der Waals surface area (Å²) in [4.78, 5) is 26.8. The Morgan fingerprint density at radius 3 is 2.92 bits per heavy atom. The van der Waals surface area contributed by atoms with Gasteiger partial charge in [0, 0.05) is 31.0 Å². The number of carbonyl (C=O) groups is 1. The molecule has 9 heteroatoms. The first-order valence-corrected chi connectivity index (χ1v) is 8.69. The number of aryl methyl sites for hydroxylation is 1. The maximum absolute atomic E-state index is 11.9. The molecule has 2 aromatic heterocycles. The van der Waals surface area contributed by atoms with Crippen LogP contribution in [0.15, 0.2) is 17.8 Å². The van der Waals surface area contributed by atoms with Crippen LogP contribution in [0.1, 0.15) is 17.8 Å². The number of rotatable bonds is 6. The molecule has 0 radical (unpaired) electrons. The number of amides is 1. The number of nitrogen functional groups attached to an aromatic ring is 1. The van der Waals surface area contributed by atoms with E-state index in [0.29, 0.717) is 37.7 Å². The van der Waals surface area contributed by atoms with E-state index in [1.807, 2.05) is 11.4 Å². The number of nitrogens with zero attached hydrogens (tertiary/aromatic N) is 4. The van der Waals surface area contributed by atoms with E-state index in [9.17, 15) is 4.79 Å². The summed E-state index contributed by atoms with van der Waals surface area (Å²) in [5.41, 5.74) is 7.22. The molecule has 1 amide bonds. The van der Waals surface area contributed by atoms with Crippen molar-refractivity contribution in [2.24, 2.45) is 0 Å².